The number of aliphatic hydroxyl groups excluding tert-OH is 1. The number of nitrogens with two attached hydrogens (primary N) is 2. The van der Waals surface area contributed by atoms with E-state index in [2.05, 4.69) is 42.2 Å². The van der Waals surface area contributed by atoms with Gasteiger partial charge >= 0.3 is 14.8 Å². The number of aromatic nitrogens is 8. The summed E-state index contributed by atoms with van der Waals surface area (Å²) >= 11 is 3.69. The van der Waals surface area contributed by atoms with Crippen LogP contribution < -0.4 is 17.0 Å². The number of H-pyrrole nitrogens is 1. The van der Waals surface area contributed by atoms with Crippen LogP contribution in [0.5, 0.6) is 0 Å². The smallest absolute Gasteiger partial charge is 0.396 e. The Morgan fingerprint density at radius 1 is 1.07 bits per heavy atom. The highest BCUT2D eigenvalue weighted by Crippen LogP contribution is 2.59. The molecule has 0 aromatic carbocycles. The van der Waals surface area contributed by atoms with E-state index in [1.807, 2.05) is 0 Å². The normalized spacial score (nSPS) is 30.3. The van der Waals surface area contributed by atoms with Crippen molar-refractivity contribution >= 4 is 61.2 Å². The first-order valence-electron chi connectivity index (χ1n) is 13.1. The number of rotatable bonds is 10. The Balaban J connectivity index is 1.29. The number of nitrogens with one attached hydrogen (secondary N) is 1. The van der Waals surface area contributed by atoms with E-state index in [4.69, 9.17) is 30.0 Å². The number of aromatic amines is 1. The Labute approximate surface area is 255 Å². The van der Waals surface area contributed by atoms with Gasteiger partial charge in [0.2, 0.25) is 5.95 Å². The molecule has 0 radical (unpaired) electrons. The van der Waals surface area contributed by atoms with Crippen LogP contribution in [-0.4, -0.2) is 98.6 Å². The number of nitrogen functional groups attached to an aromatic ring is 2. The predicted octanol–water partition coefficient (Wildman–Crippen LogP) is 0.520. The number of alkyl halides is 2. The quantitative estimate of drug-likeness (QED) is 0.0976. The van der Waals surface area contributed by atoms with E-state index in [1.165, 1.54) is 10.9 Å². The molecule has 0 bridgehead atoms. The number of ether oxygens (including phenoxy) is 2. The lowest BCUT2D eigenvalue weighted by molar-refractivity contribution is -0.0409. The van der Waals surface area contributed by atoms with Crippen molar-refractivity contribution in [3.8, 4) is 0 Å². The van der Waals surface area contributed by atoms with E-state index in [1.54, 1.807) is 0 Å². The number of hydrogen-bond acceptors (Lipinski definition) is 15. The minimum Gasteiger partial charge on any atom is -0.396 e. The highest BCUT2D eigenvalue weighted by atomic mass is 32.7. The molecule has 2 aliphatic rings. The highest BCUT2D eigenvalue weighted by molar-refractivity contribution is 8.39. The molecular formula is C21H25F2N10O9P2S+. The van der Waals surface area contributed by atoms with Crippen molar-refractivity contribution in [3.63, 3.8) is 0 Å². The molecule has 19 nitrogen and oxygen atoms in total. The number of thiol groups is 1. The second-order valence-electron chi connectivity index (χ2n) is 10.0. The summed E-state index contributed by atoms with van der Waals surface area (Å²) in [5, 5.41) is 9.43. The fraction of sp³-hybridized carbons (Fsp3) is 0.524. The van der Waals surface area contributed by atoms with Gasteiger partial charge in [0.15, 0.2) is 47.4 Å². The summed E-state index contributed by atoms with van der Waals surface area (Å²) < 4.78 is 81.3. The second-order valence-corrected chi connectivity index (χ2v) is 13.7. The largest absolute Gasteiger partial charge is 0.582 e. The van der Waals surface area contributed by atoms with Crippen molar-refractivity contribution in [2.45, 2.75) is 55.2 Å². The maximum absolute atomic E-state index is 15.8. The van der Waals surface area contributed by atoms with Gasteiger partial charge in [0.1, 0.15) is 42.0 Å². The molecule has 0 aliphatic carbocycles. The highest BCUT2D eigenvalue weighted by Gasteiger charge is 2.57. The minimum atomic E-state index is -5.10. The number of fused-ring (bicyclic) bond motifs is 2. The van der Waals surface area contributed by atoms with Gasteiger partial charge in [-0.2, -0.15) is 4.98 Å². The lowest BCUT2D eigenvalue weighted by atomic mass is 10.1. The zero-order valence-corrected chi connectivity index (χ0v) is 25.3. The van der Waals surface area contributed by atoms with E-state index in [9.17, 15) is 23.9 Å². The summed E-state index contributed by atoms with van der Waals surface area (Å²) in [7, 11) is -7.79. The fourth-order valence-electron chi connectivity index (χ4n) is 5.37. The van der Waals surface area contributed by atoms with Crippen LogP contribution in [0.3, 0.4) is 0 Å². The SMILES string of the molecule is Nc1nc2c(ncn2[C@@H]2O[C@H](CCO)[C@@H](F)[C@H]2P(=O)(O)OC[C@H]2O[C@@H](n3cnc4c(N)ncnc43)[C@@H](F)[C@@H]2O[P+](=O)S)c(=O)[nH]1. The third kappa shape index (κ3) is 5.70. The molecule has 0 spiro atoms. The molecule has 10 atom stereocenters. The summed E-state index contributed by atoms with van der Waals surface area (Å²) in [6.45, 7) is -1.38. The van der Waals surface area contributed by atoms with Crippen molar-refractivity contribution in [1.82, 2.24) is 39.0 Å². The molecule has 7 N–H and O–H groups in total. The number of imidazole rings is 2. The van der Waals surface area contributed by atoms with Gasteiger partial charge in [0, 0.05) is 6.61 Å². The van der Waals surface area contributed by atoms with Crippen molar-refractivity contribution in [2.75, 3.05) is 24.7 Å². The summed E-state index contributed by atoms with van der Waals surface area (Å²) in [4.78, 5) is 45.5. The van der Waals surface area contributed by atoms with E-state index < -0.39 is 82.4 Å². The molecular weight excluding hydrogens is 668 g/mol. The fourth-order valence-corrected chi connectivity index (χ4v) is 7.78. The third-order valence-electron chi connectivity index (χ3n) is 7.37. The molecule has 0 amide bonds. The number of nitrogens with zero attached hydrogens (tertiary/aromatic N) is 7. The van der Waals surface area contributed by atoms with Gasteiger partial charge in [0.05, 0.1) is 25.4 Å². The summed E-state index contributed by atoms with van der Waals surface area (Å²) in [6.07, 6.45) is -8.72. The van der Waals surface area contributed by atoms with Crippen molar-refractivity contribution in [2.24, 2.45) is 0 Å². The average molecular weight is 694 g/mol. The van der Waals surface area contributed by atoms with Gasteiger partial charge in [-0.05, 0) is 11.0 Å². The van der Waals surface area contributed by atoms with Crippen LogP contribution in [0.25, 0.3) is 22.3 Å². The Kier molecular flexibility index (Phi) is 8.61. The summed E-state index contributed by atoms with van der Waals surface area (Å²) in [5.74, 6) is -0.292. The first-order chi connectivity index (χ1) is 21.4. The van der Waals surface area contributed by atoms with Crippen molar-refractivity contribution in [1.29, 1.82) is 0 Å². The molecule has 6 rings (SSSR count). The zero-order valence-electron chi connectivity index (χ0n) is 22.6. The first-order valence-corrected chi connectivity index (χ1v) is 17.0. The molecule has 24 heteroatoms. The van der Waals surface area contributed by atoms with E-state index in [0.29, 0.717) is 0 Å². The van der Waals surface area contributed by atoms with Crippen LogP contribution in [0, 0.1) is 0 Å². The molecule has 0 saturated carbocycles. The Hall–Kier alpha value is -3.20. The Morgan fingerprint density at radius 2 is 1.76 bits per heavy atom. The van der Waals surface area contributed by atoms with Gasteiger partial charge < -0.3 is 35.5 Å². The maximum atomic E-state index is 15.8. The Bertz CT molecular complexity index is 1860. The summed E-state index contributed by atoms with van der Waals surface area (Å²) in [5.41, 5.74) is 8.65. The lowest BCUT2D eigenvalue weighted by Crippen LogP contribution is -2.34. The van der Waals surface area contributed by atoms with Gasteiger partial charge in [-0.1, -0.05) is 0 Å². The van der Waals surface area contributed by atoms with E-state index in [-0.39, 0.29) is 40.5 Å². The average Bonchev–Trinajstić information content (AvgIpc) is 3.73. The maximum Gasteiger partial charge on any atom is 0.582 e. The van der Waals surface area contributed by atoms with Crippen LogP contribution in [0.4, 0.5) is 20.5 Å². The minimum absolute atomic E-state index is 0.0151. The van der Waals surface area contributed by atoms with Crippen LogP contribution in [0.1, 0.15) is 18.9 Å². The summed E-state index contributed by atoms with van der Waals surface area (Å²) in [6, 6.07) is 0. The van der Waals surface area contributed by atoms with E-state index >= 15 is 8.78 Å². The second kappa shape index (κ2) is 12.2. The molecule has 2 unspecified atom stereocenters. The molecule has 45 heavy (non-hydrogen) atoms. The number of hydrogen-bond donors (Lipinski definition) is 6. The molecule has 2 fully saturated rings. The van der Waals surface area contributed by atoms with Gasteiger partial charge in [-0.25, -0.2) is 28.7 Å². The van der Waals surface area contributed by atoms with Crippen molar-refractivity contribution < 1.29 is 46.4 Å². The molecule has 4 aromatic heterocycles. The van der Waals surface area contributed by atoms with E-state index in [0.717, 1.165) is 17.2 Å². The first kappa shape index (κ1) is 31.8. The standard InChI is InChI=1S/C21H24F2N10O9P2S/c22-9-7(1-2-34)40-20(33-6-29-12-17(33)30-21(25)31-18(12)35)14(9)44(37,38)39-3-8-13(42-43(36)45)10(23)19(41-8)32-5-28-11-15(24)26-4-27-16(11)32/h4-10,13-14,19-20,34H,1-3H2,(H6-,24,25,26,27,30,31,35,36,37,38,45)/p+1/t7-,8-,9-,10+,13-,14-,19-,20-/m1/s1. The predicted molar refractivity (Wildman–Crippen MR) is 153 cm³/mol. The Morgan fingerprint density at radius 3 is 2.47 bits per heavy atom. The van der Waals surface area contributed by atoms with Crippen molar-refractivity contribution in [3.05, 3.63) is 29.3 Å². The van der Waals surface area contributed by atoms with Crippen LogP contribution in [0.2, 0.25) is 0 Å². The van der Waals surface area contributed by atoms with Gasteiger partial charge in [0.25, 0.3) is 5.56 Å². The molecule has 242 valence electrons. The van der Waals surface area contributed by atoms with Crippen LogP contribution in [-0.2, 0) is 27.7 Å². The zero-order chi connectivity index (χ0) is 32.2. The number of halogens is 2. The molecule has 2 saturated heterocycles. The van der Waals surface area contributed by atoms with Crippen LogP contribution >= 0.6 is 27.1 Å². The number of aliphatic hydroxyl groups is 1. The lowest BCUT2D eigenvalue weighted by Gasteiger charge is -2.26. The third-order valence-corrected chi connectivity index (χ3v) is 9.89. The monoisotopic (exact) mass is 693 g/mol. The van der Waals surface area contributed by atoms with Gasteiger partial charge in [-0.15, -0.1) is 4.52 Å². The molecule has 6 heterocycles. The number of anilines is 2. The van der Waals surface area contributed by atoms with Crippen LogP contribution in [0.15, 0.2) is 23.8 Å². The van der Waals surface area contributed by atoms with Gasteiger partial charge in [-0.3, -0.25) is 23.5 Å². The topological polar surface area (TPSA) is 271 Å². The molecule has 4 aromatic rings. The molecule has 2 aliphatic heterocycles.